The fourth-order valence-electron chi connectivity index (χ4n) is 2.48. The third-order valence-electron chi connectivity index (χ3n) is 3.40. The Morgan fingerprint density at radius 2 is 2.19 bits per heavy atom. The Morgan fingerprint density at radius 1 is 1.38 bits per heavy atom. The number of hydrogen-bond donors (Lipinski definition) is 2. The standard InChI is InChI=1S/C12H14N2O2/c15-11-6-3-7-12(11,16)14-10-5-2-1-4-9(10)8-13-14/h1-2,4-5,8,11,15-16H,3,6-7H2. The molecular weight excluding hydrogens is 204 g/mol. The predicted octanol–water partition coefficient (Wildman–Crippen LogP) is 1.23. The van der Waals surface area contributed by atoms with E-state index in [1.165, 1.54) is 0 Å². The lowest BCUT2D eigenvalue weighted by Crippen LogP contribution is -2.41. The van der Waals surface area contributed by atoms with Crippen LogP contribution < -0.4 is 0 Å². The van der Waals surface area contributed by atoms with Crippen LogP contribution in [0.25, 0.3) is 10.9 Å². The molecule has 1 aliphatic carbocycles. The smallest absolute Gasteiger partial charge is 0.184 e. The second kappa shape index (κ2) is 3.30. The quantitative estimate of drug-likeness (QED) is 0.756. The highest BCUT2D eigenvalue weighted by Crippen LogP contribution is 2.35. The molecule has 0 spiro atoms. The van der Waals surface area contributed by atoms with Crippen LogP contribution in [0.4, 0.5) is 0 Å². The number of benzene rings is 1. The second-order valence-electron chi connectivity index (χ2n) is 4.40. The van der Waals surface area contributed by atoms with E-state index in [9.17, 15) is 10.2 Å². The minimum Gasteiger partial charge on any atom is -0.388 e. The van der Waals surface area contributed by atoms with E-state index in [-0.39, 0.29) is 0 Å². The van der Waals surface area contributed by atoms with E-state index in [0.29, 0.717) is 12.8 Å². The molecule has 2 unspecified atom stereocenters. The Bertz CT molecular complexity index is 522. The van der Waals surface area contributed by atoms with Crippen molar-refractivity contribution < 1.29 is 10.2 Å². The monoisotopic (exact) mass is 218 g/mol. The van der Waals surface area contributed by atoms with Crippen molar-refractivity contribution in [3.63, 3.8) is 0 Å². The summed E-state index contributed by atoms with van der Waals surface area (Å²) in [5.41, 5.74) is -0.366. The van der Waals surface area contributed by atoms with Crippen LogP contribution in [0.2, 0.25) is 0 Å². The molecule has 16 heavy (non-hydrogen) atoms. The average molecular weight is 218 g/mol. The van der Waals surface area contributed by atoms with E-state index in [2.05, 4.69) is 5.10 Å². The fraction of sp³-hybridized carbons (Fsp3) is 0.417. The van der Waals surface area contributed by atoms with Crippen LogP contribution in [-0.2, 0) is 5.72 Å². The van der Waals surface area contributed by atoms with Crippen molar-refractivity contribution in [2.24, 2.45) is 0 Å². The lowest BCUT2D eigenvalue weighted by atomic mass is 10.1. The van der Waals surface area contributed by atoms with E-state index in [1.54, 1.807) is 10.9 Å². The number of fused-ring (bicyclic) bond motifs is 1. The van der Waals surface area contributed by atoms with Crippen molar-refractivity contribution >= 4 is 10.9 Å². The topological polar surface area (TPSA) is 58.3 Å². The highest BCUT2D eigenvalue weighted by atomic mass is 16.4. The Kier molecular flexibility index (Phi) is 2.02. The van der Waals surface area contributed by atoms with Crippen LogP contribution >= 0.6 is 0 Å². The van der Waals surface area contributed by atoms with Crippen molar-refractivity contribution in [2.45, 2.75) is 31.1 Å². The molecule has 1 aromatic heterocycles. The maximum absolute atomic E-state index is 10.5. The molecule has 1 heterocycles. The van der Waals surface area contributed by atoms with Gasteiger partial charge in [-0.15, -0.1) is 0 Å². The zero-order valence-corrected chi connectivity index (χ0v) is 8.87. The summed E-state index contributed by atoms with van der Waals surface area (Å²) in [4.78, 5) is 0. The molecule has 84 valence electrons. The van der Waals surface area contributed by atoms with Crippen molar-refractivity contribution in [3.8, 4) is 0 Å². The van der Waals surface area contributed by atoms with E-state index in [1.807, 2.05) is 24.3 Å². The molecule has 4 heteroatoms. The fourth-order valence-corrected chi connectivity index (χ4v) is 2.48. The van der Waals surface area contributed by atoms with Crippen molar-refractivity contribution in [1.29, 1.82) is 0 Å². The number of rotatable bonds is 1. The first-order valence-corrected chi connectivity index (χ1v) is 5.55. The van der Waals surface area contributed by atoms with Gasteiger partial charge in [0.05, 0.1) is 11.7 Å². The van der Waals surface area contributed by atoms with Crippen molar-refractivity contribution in [3.05, 3.63) is 30.5 Å². The van der Waals surface area contributed by atoms with Crippen LogP contribution in [0, 0.1) is 0 Å². The van der Waals surface area contributed by atoms with Crippen LogP contribution in [-0.4, -0.2) is 26.1 Å². The molecule has 0 radical (unpaired) electrons. The average Bonchev–Trinajstić information content (AvgIpc) is 2.85. The Labute approximate surface area is 93.1 Å². The van der Waals surface area contributed by atoms with Gasteiger partial charge >= 0.3 is 0 Å². The number of aliphatic hydroxyl groups excluding tert-OH is 1. The first-order chi connectivity index (χ1) is 7.72. The summed E-state index contributed by atoms with van der Waals surface area (Å²) in [5.74, 6) is 0. The van der Waals surface area contributed by atoms with Crippen LogP contribution in [0.1, 0.15) is 19.3 Å². The molecule has 0 saturated heterocycles. The highest BCUT2D eigenvalue weighted by molar-refractivity contribution is 5.78. The van der Waals surface area contributed by atoms with Crippen molar-refractivity contribution in [1.82, 2.24) is 9.78 Å². The SMILES string of the molecule is OC1CCCC1(O)n1ncc2ccccc21. The molecule has 2 aromatic rings. The van der Waals surface area contributed by atoms with Gasteiger partial charge in [0.25, 0.3) is 0 Å². The number of aliphatic hydroxyl groups is 2. The third-order valence-corrected chi connectivity index (χ3v) is 3.40. The van der Waals surface area contributed by atoms with E-state index in [0.717, 1.165) is 17.3 Å². The van der Waals surface area contributed by atoms with E-state index >= 15 is 0 Å². The molecule has 1 fully saturated rings. The maximum Gasteiger partial charge on any atom is 0.184 e. The molecule has 1 aromatic carbocycles. The normalized spacial score (nSPS) is 30.0. The molecule has 1 saturated carbocycles. The number of nitrogens with zero attached hydrogens (tertiary/aromatic N) is 2. The Hall–Kier alpha value is -1.39. The van der Waals surface area contributed by atoms with Gasteiger partial charge in [0.2, 0.25) is 0 Å². The van der Waals surface area contributed by atoms with Gasteiger partial charge in [0, 0.05) is 5.39 Å². The largest absolute Gasteiger partial charge is 0.388 e. The Balaban J connectivity index is 2.19. The molecule has 0 bridgehead atoms. The van der Waals surface area contributed by atoms with Crippen molar-refractivity contribution in [2.75, 3.05) is 0 Å². The Morgan fingerprint density at radius 3 is 2.94 bits per heavy atom. The molecule has 3 rings (SSSR count). The van der Waals surface area contributed by atoms with Crippen LogP contribution in [0.15, 0.2) is 30.5 Å². The number of hydrogen-bond acceptors (Lipinski definition) is 3. The van der Waals surface area contributed by atoms with Gasteiger partial charge in [-0.25, -0.2) is 4.68 Å². The molecule has 0 amide bonds. The summed E-state index contributed by atoms with van der Waals surface area (Å²) < 4.78 is 1.56. The number of aromatic nitrogens is 2. The zero-order chi connectivity index (χ0) is 11.2. The van der Waals surface area contributed by atoms with E-state index < -0.39 is 11.8 Å². The summed E-state index contributed by atoms with van der Waals surface area (Å²) in [6.45, 7) is 0. The van der Waals surface area contributed by atoms with Gasteiger partial charge in [-0.1, -0.05) is 18.2 Å². The summed E-state index contributed by atoms with van der Waals surface area (Å²) in [5, 5.41) is 25.5. The van der Waals surface area contributed by atoms with Gasteiger partial charge in [-0.2, -0.15) is 5.10 Å². The van der Waals surface area contributed by atoms with Crippen LogP contribution in [0.3, 0.4) is 0 Å². The molecule has 2 atom stereocenters. The zero-order valence-electron chi connectivity index (χ0n) is 8.87. The van der Waals surface area contributed by atoms with Gasteiger partial charge in [-0.05, 0) is 25.3 Å². The second-order valence-corrected chi connectivity index (χ2v) is 4.40. The summed E-state index contributed by atoms with van der Waals surface area (Å²) in [6, 6.07) is 7.70. The van der Waals surface area contributed by atoms with Crippen LogP contribution in [0.5, 0.6) is 0 Å². The van der Waals surface area contributed by atoms with Gasteiger partial charge in [0.15, 0.2) is 5.72 Å². The highest BCUT2D eigenvalue weighted by Gasteiger charge is 2.43. The molecule has 4 nitrogen and oxygen atoms in total. The lowest BCUT2D eigenvalue weighted by Gasteiger charge is -2.27. The molecule has 1 aliphatic rings. The first kappa shape index (κ1) is 9.81. The molecule has 0 aliphatic heterocycles. The van der Waals surface area contributed by atoms with Gasteiger partial charge in [-0.3, -0.25) is 0 Å². The summed E-state index contributed by atoms with van der Waals surface area (Å²) in [6.07, 6.45) is 3.00. The lowest BCUT2D eigenvalue weighted by molar-refractivity contribution is -0.119. The predicted molar refractivity (Wildman–Crippen MR) is 59.8 cm³/mol. The minimum absolute atomic E-state index is 0.555. The molecule has 2 N–H and O–H groups in total. The minimum atomic E-state index is -1.23. The summed E-state index contributed by atoms with van der Waals surface area (Å²) in [7, 11) is 0. The van der Waals surface area contributed by atoms with E-state index in [4.69, 9.17) is 0 Å². The van der Waals surface area contributed by atoms with Gasteiger partial charge in [0.1, 0.15) is 6.10 Å². The third kappa shape index (κ3) is 1.20. The molecular formula is C12H14N2O2. The summed E-state index contributed by atoms with van der Waals surface area (Å²) >= 11 is 0. The number of para-hydroxylation sites is 1. The first-order valence-electron chi connectivity index (χ1n) is 5.55. The maximum atomic E-state index is 10.5. The van der Waals surface area contributed by atoms with Gasteiger partial charge < -0.3 is 10.2 Å².